The normalized spacial score (nSPS) is 11.9. The minimum atomic E-state index is 0.779. The van der Waals surface area contributed by atoms with E-state index in [1.165, 1.54) is 21.9 Å². The molecule has 168 valence electrons. The van der Waals surface area contributed by atoms with Gasteiger partial charge in [0.1, 0.15) is 16.7 Å². The second-order valence-electron chi connectivity index (χ2n) is 9.16. The molecule has 0 fully saturated rings. The van der Waals surface area contributed by atoms with Gasteiger partial charge in [-0.05, 0) is 64.0 Å². The summed E-state index contributed by atoms with van der Waals surface area (Å²) in [5.41, 5.74) is 9.05. The number of pyridine rings is 2. The lowest BCUT2D eigenvalue weighted by atomic mass is 9.98. The van der Waals surface area contributed by atoms with Gasteiger partial charge in [0.2, 0.25) is 5.71 Å². The van der Waals surface area contributed by atoms with Crippen molar-refractivity contribution in [1.29, 1.82) is 0 Å². The summed E-state index contributed by atoms with van der Waals surface area (Å²) in [6, 6.07) is 35.8. The highest BCUT2D eigenvalue weighted by atomic mass is 16.3. The molecule has 0 saturated heterocycles. The highest BCUT2D eigenvalue weighted by Crippen LogP contribution is 2.32. The number of hydrogen-bond donors (Lipinski definition) is 0. The maximum absolute atomic E-state index is 6.13. The number of rotatable bonds is 2. The van der Waals surface area contributed by atoms with Gasteiger partial charge >= 0.3 is 0 Å². The number of hydrogen-bond acceptors (Lipinski definition) is 3. The van der Waals surface area contributed by atoms with Crippen molar-refractivity contribution < 1.29 is 4.42 Å². The Balaban J connectivity index is 1.21. The van der Waals surface area contributed by atoms with Gasteiger partial charge in [-0.15, -0.1) is 0 Å². The van der Waals surface area contributed by atoms with Gasteiger partial charge in [0.15, 0.2) is 0 Å². The molecular weight excluding hydrogens is 442 g/mol. The van der Waals surface area contributed by atoms with Gasteiger partial charge in [0.25, 0.3) is 0 Å². The molecule has 4 nitrogen and oxygen atoms in total. The van der Waals surface area contributed by atoms with Gasteiger partial charge in [0, 0.05) is 28.6 Å². The molecule has 4 aromatic heterocycles. The monoisotopic (exact) mass is 461 g/mol. The molecule has 0 N–H and O–H groups in total. The molecule has 4 heteroatoms. The standard InChI is InChI=1S/C32H19N3O/c1-2-6-25-23(5-1)18-33-28-15-13-22(17-27(25)28)20-9-11-21(12-10-20)24-14-16-30-34-31-26-7-3-4-8-29(26)36-32(31)35(30)19-24/h1-19H. The van der Waals surface area contributed by atoms with E-state index in [2.05, 4.69) is 96.1 Å². The van der Waals surface area contributed by atoms with Crippen LogP contribution in [0.4, 0.5) is 0 Å². The lowest BCUT2D eigenvalue weighted by Gasteiger charge is -2.08. The van der Waals surface area contributed by atoms with Gasteiger partial charge in [-0.25, -0.2) is 4.98 Å². The third-order valence-corrected chi connectivity index (χ3v) is 7.07. The second kappa shape index (κ2) is 7.27. The number of benzene rings is 4. The molecule has 0 radical (unpaired) electrons. The Morgan fingerprint density at radius 1 is 0.611 bits per heavy atom. The van der Waals surface area contributed by atoms with E-state index in [9.17, 15) is 0 Å². The van der Waals surface area contributed by atoms with Crippen LogP contribution in [0.5, 0.6) is 0 Å². The number of para-hydroxylation sites is 1. The number of nitrogens with zero attached hydrogens (tertiary/aromatic N) is 3. The Labute approximate surface area is 206 Å². The SMILES string of the molecule is c1ccc2c(c1)cnc1ccc(-c3ccc(-c4ccc5nc6c7ccccc7oc6n5c4)cc3)cc12. The molecule has 4 aromatic carbocycles. The van der Waals surface area contributed by atoms with Crippen LogP contribution in [-0.4, -0.2) is 14.4 Å². The lowest BCUT2D eigenvalue weighted by Crippen LogP contribution is -1.87. The van der Waals surface area contributed by atoms with Crippen molar-refractivity contribution in [2.75, 3.05) is 0 Å². The fourth-order valence-electron chi connectivity index (χ4n) is 5.22. The quantitative estimate of drug-likeness (QED) is 0.243. The predicted octanol–water partition coefficient (Wildman–Crippen LogP) is 8.27. The maximum Gasteiger partial charge on any atom is 0.232 e. The van der Waals surface area contributed by atoms with Crippen molar-refractivity contribution in [2.45, 2.75) is 0 Å². The summed E-state index contributed by atoms with van der Waals surface area (Å²) in [5.74, 6) is 0. The van der Waals surface area contributed by atoms with Crippen LogP contribution in [0.2, 0.25) is 0 Å². The first-order valence-electron chi connectivity index (χ1n) is 12.0. The molecule has 0 saturated carbocycles. The summed E-state index contributed by atoms with van der Waals surface area (Å²) in [6.45, 7) is 0. The van der Waals surface area contributed by atoms with Crippen molar-refractivity contribution in [3.8, 4) is 22.3 Å². The van der Waals surface area contributed by atoms with Crippen molar-refractivity contribution >= 4 is 49.5 Å². The van der Waals surface area contributed by atoms with Crippen LogP contribution in [0.25, 0.3) is 71.8 Å². The van der Waals surface area contributed by atoms with Gasteiger partial charge in [-0.1, -0.05) is 66.7 Å². The van der Waals surface area contributed by atoms with Crippen molar-refractivity contribution in [3.05, 3.63) is 116 Å². The fraction of sp³-hybridized carbons (Fsp3) is 0. The Hall–Kier alpha value is -4.96. The number of furan rings is 1. The van der Waals surface area contributed by atoms with E-state index in [1.807, 2.05) is 28.8 Å². The topological polar surface area (TPSA) is 43.3 Å². The zero-order valence-corrected chi connectivity index (χ0v) is 19.2. The first kappa shape index (κ1) is 19.4. The van der Waals surface area contributed by atoms with Crippen molar-refractivity contribution in [2.24, 2.45) is 0 Å². The highest BCUT2D eigenvalue weighted by Gasteiger charge is 2.14. The van der Waals surface area contributed by atoms with E-state index < -0.39 is 0 Å². The molecule has 0 unspecified atom stereocenters. The smallest absolute Gasteiger partial charge is 0.232 e. The minimum Gasteiger partial charge on any atom is -0.437 e. The Morgan fingerprint density at radius 3 is 2.22 bits per heavy atom. The van der Waals surface area contributed by atoms with Gasteiger partial charge in [0.05, 0.1) is 5.52 Å². The van der Waals surface area contributed by atoms with Crippen molar-refractivity contribution in [1.82, 2.24) is 14.4 Å². The largest absolute Gasteiger partial charge is 0.437 e. The Bertz CT molecular complexity index is 2100. The second-order valence-corrected chi connectivity index (χ2v) is 9.16. The summed E-state index contributed by atoms with van der Waals surface area (Å²) < 4.78 is 8.18. The van der Waals surface area contributed by atoms with Crippen LogP contribution in [0.3, 0.4) is 0 Å². The third kappa shape index (κ3) is 2.82. The molecule has 0 atom stereocenters. The first-order chi connectivity index (χ1) is 17.8. The molecule has 0 aliphatic carbocycles. The van der Waals surface area contributed by atoms with E-state index >= 15 is 0 Å². The number of imidazole rings is 1. The molecule has 8 rings (SSSR count). The van der Waals surface area contributed by atoms with E-state index in [0.29, 0.717) is 0 Å². The summed E-state index contributed by atoms with van der Waals surface area (Å²) in [7, 11) is 0. The average Bonchev–Trinajstić information content (AvgIpc) is 3.49. The van der Waals surface area contributed by atoms with Crippen LogP contribution in [-0.2, 0) is 0 Å². The minimum absolute atomic E-state index is 0.779. The molecule has 0 aliphatic rings. The van der Waals surface area contributed by atoms with E-state index in [0.717, 1.165) is 49.9 Å². The summed E-state index contributed by atoms with van der Waals surface area (Å²) in [4.78, 5) is 9.44. The van der Waals surface area contributed by atoms with Gasteiger partial charge < -0.3 is 4.42 Å². The van der Waals surface area contributed by atoms with Crippen LogP contribution < -0.4 is 0 Å². The van der Waals surface area contributed by atoms with Gasteiger partial charge in [-0.3, -0.25) is 9.38 Å². The average molecular weight is 462 g/mol. The molecule has 0 amide bonds. The third-order valence-electron chi connectivity index (χ3n) is 7.07. The van der Waals surface area contributed by atoms with E-state index in [1.54, 1.807) is 0 Å². The van der Waals surface area contributed by atoms with Gasteiger partial charge in [-0.2, -0.15) is 0 Å². The molecule has 0 aliphatic heterocycles. The van der Waals surface area contributed by atoms with Crippen LogP contribution >= 0.6 is 0 Å². The lowest BCUT2D eigenvalue weighted by molar-refractivity contribution is 0.649. The van der Waals surface area contributed by atoms with Crippen LogP contribution in [0, 0.1) is 0 Å². The predicted molar refractivity (Wildman–Crippen MR) is 146 cm³/mol. The zero-order valence-electron chi connectivity index (χ0n) is 19.2. The Kier molecular flexibility index (Phi) is 3.91. The van der Waals surface area contributed by atoms with Crippen LogP contribution in [0.15, 0.2) is 120 Å². The number of fused-ring (bicyclic) bond motifs is 8. The summed E-state index contributed by atoms with van der Waals surface area (Å²) in [5, 5.41) is 4.60. The molecule has 0 spiro atoms. The summed E-state index contributed by atoms with van der Waals surface area (Å²) in [6.07, 6.45) is 4.05. The Morgan fingerprint density at radius 2 is 1.33 bits per heavy atom. The molecular formula is C32H19N3O. The fourth-order valence-corrected chi connectivity index (χ4v) is 5.22. The van der Waals surface area contributed by atoms with E-state index in [-0.39, 0.29) is 0 Å². The van der Waals surface area contributed by atoms with E-state index in [4.69, 9.17) is 9.40 Å². The molecule has 8 aromatic rings. The highest BCUT2D eigenvalue weighted by molar-refractivity contribution is 6.06. The maximum atomic E-state index is 6.13. The molecule has 0 bridgehead atoms. The molecule has 36 heavy (non-hydrogen) atoms. The zero-order chi connectivity index (χ0) is 23.6. The van der Waals surface area contributed by atoms with Crippen molar-refractivity contribution in [3.63, 3.8) is 0 Å². The summed E-state index contributed by atoms with van der Waals surface area (Å²) >= 11 is 0. The van der Waals surface area contributed by atoms with Crippen LogP contribution in [0.1, 0.15) is 0 Å². The number of aromatic nitrogens is 3. The first-order valence-corrected chi connectivity index (χ1v) is 12.0. The molecule has 4 heterocycles.